The summed E-state index contributed by atoms with van der Waals surface area (Å²) in [4.78, 5) is 14.4. The Bertz CT molecular complexity index is 967. The van der Waals surface area contributed by atoms with Crippen molar-refractivity contribution in [3.8, 4) is 11.1 Å². The van der Waals surface area contributed by atoms with Gasteiger partial charge in [-0.1, -0.05) is 30.3 Å². The molecule has 1 aromatic heterocycles. The molecular weight excluding hydrogens is 374 g/mol. The number of pyridine rings is 1. The van der Waals surface area contributed by atoms with Gasteiger partial charge in [-0.15, -0.1) is 0 Å². The minimum absolute atomic E-state index is 0.209. The molecule has 2 atom stereocenters. The summed E-state index contributed by atoms with van der Waals surface area (Å²) in [7, 11) is 0. The lowest BCUT2D eigenvalue weighted by molar-refractivity contribution is 0.594. The SMILES string of the molecule is c1ccc(-c2c3c(nc4c2CC[C@H]4NC2=NCCN2)[C@@H](NC2=NCCN2)CC3)cc1. The maximum atomic E-state index is 5.28. The molecule has 2 aliphatic carbocycles. The summed E-state index contributed by atoms with van der Waals surface area (Å²) < 4.78 is 0. The van der Waals surface area contributed by atoms with Crippen LogP contribution in [0, 0.1) is 0 Å². The Morgan fingerprint density at radius 2 is 1.33 bits per heavy atom. The highest BCUT2D eigenvalue weighted by molar-refractivity contribution is 5.83. The summed E-state index contributed by atoms with van der Waals surface area (Å²) in [5.74, 6) is 1.83. The zero-order chi connectivity index (χ0) is 19.9. The molecule has 0 saturated carbocycles. The monoisotopic (exact) mass is 401 g/mol. The van der Waals surface area contributed by atoms with E-state index in [4.69, 9.17) is 4.98 Å². The Kier molecular flexibility index (Phi) is 4.32. The first-order chi connectivity index (χ1) is 14.9. The molecule has 7 nitrogen and oxygen atoms in total. The van der Waals surface area contributed by atoms with Gasteiger partial charge in [-0.2, -0.15) is 0 Å². The first-order valence-corrected chi connectivity index (χ1v) is 11.1. The van der Waals surface area contributed by atoms with Gasteiger partial charge in [0.25, 0.3) is 0 Å². The van der Waals surface area contributed by atoms with Gasteiger partial charge in [0.1, 0.15) is 0 Å². The highest BCUT2D eigenvalue weighted by atomic mass is 15.2. The van der Waals surface area contributed by atoms with Crippen LogP contribution in [0.4, 0.5) is 0 Å². The van der Waals surface area contributed by atoms with Crippen molar-refractivity contribution in [2.75, 3.05) is 26.2 Å². The molecule has 0 fully saturated rings. The largest absolute Gasteiger partial charge is 0.355 e. The van der Waals surface area contributed by atoms with Gasteiger partial charge in [0.05, 0.1) is 36.6 Å². The molecule has 7 heteroatoms. The molecule has 0 amide bonds. The van der Waals surface area contributed by atoms with Crippen molar-refractivity contribution in [2.24, 2.45) is 9.98 Å². The zero-order valence-corrected chi connectivity index (χ0v) is 17.0. The van der Waals surface area contributed by atoms with Crippen LogP contribution in [-0.4, -0.2) is 43.1 Å². The van der Waals surface area contributed by atoms with Crippen LogP contribution in [0.5, 0.6) is 0 Å². The number of nitrogens with zero attached hydrogens (tertiary/aromatic N) is 3. The van der Waals surface area contributed by atoms with E-state index in [-0.39, 0.29) is 12.1 Å². The highest BCUT2D eigenvalue weighted by Crippen LogP contribution is 2.44. The third-order valence-corrected chi connectivity index (χ3v) is 6.52. The van der Waals surface area contributed by atoms with Gasteiger partial charge >= 0.3 is 0 Å². The number of nitrogens with one attached hydrogen (secondary N) is 4. The minimum Gasteiger partial charge on any atom is -0.355 e. The van der Waals surface area contributed by atoms with Gasteiger partial charge < -0.3 is 21.3 Å². The minimum atomic E-state index is 0.209. The summed E-state index contributed by atoms with van der Waals surface area (Å²) in [6.07, 6.45) is 4.21. The third-order valence-electron chi connectivity index (χ3n) is 6.52. The Morgan fingerprint density at radius 3 is 1.83 bits per heavy atom. The third kappa shape index (κ3) is 3.00. The fraction of sp³-hybridized carbons (Fsp3) is 0.435. The predicted molar refractivity (Wildman–Crippen MR) is 119 cm³/mol. The second kappa shape index (κ2) is 7.31. The lowest BCUT2D eigenvalue weighted by Crippen LogP contribution is -2.37. The average molecular weight is 402 g/mol. The maximum Gasteiger partial charge on any atom is 0.191 e. The van der Waals surface area contributed by atoms with Gasteiger partial charge in [0.15, 0.2) is 11.9 Å². The second-order valence-corrected chi connectivity index (χ2v) is 8.37. The summed E-state index contributed by atoms with van der Waals surface area (Å²) in [5.41, 5.74) is 7.92. The molecular formula is C23H27N7. The van der Waals surface area contributed by atoms with Crippen molar-refractivity contribution < 1.29 is 0 Å². The number of rotatable bonds is 3. The van der Waals surface area contributed by atoms with Crippen molar-refractivity contribution >= 4 is 11.9 Å². The average Bonchev–Trinajstić information content (AvgIpc) is 3.57. The molecule has 1 aromatic carbocycles. The van der Waals surface area contributed by atoms with Gasteiger partial charge in [-0.3, -0.25) is 15.0 Å². The van der Waals surface area contributed by atoms with Gasteiger partial charge in [-0.05, 0) is 47.9 Å². The van der Waals surface area contributed by atoms with Crippen LogP contribution in [0.3, 0.4) is 0 Å². The quantitative estimate of drug-likeness (QED) is 0.630. The van der Waals surface area contributed by atoms with Crippen LogP contribution in [0.2, 0.25) is 0 Å². The van der Waals surface area contributed by atoms with E-state index in [2.05, 4.69) is 61.6 Å². The van der Waals surface area contributed by atoms with E-state index in [1.807, 2.05) is 0 Å². The van der Waals surface area contributed by atoms with Crippen molar-refractivity contribution in [3.05, 3.63) is 52.8 Å². The van der Waals surface area contributed by atoms with Crippen LogP contribution in [0.15, 0.2) is 40.3 Å². The van der Waals surface area contributed by atoms with E-state index in [0.29, 0.717) is 0 Å². The fourth-order valence-corrected chi connectivity index (χ4v) is 5.19. The van der Waals surface area contributed by atoms with Crippen molar-refractivity contribution in [1.82, 2.24) is 26.3 Å². The van der Waals surface area contributed by atoms with E-state index in [1.165, 1.54) is 33.6 Å². The molecule has 0 radical (unpaired) electrons. The predicted octanol–water partition coefficient (Wildman–Crippen LogP) is 1.82. The zero-order valence-electron chi connectivity index (χ0n) is 17.0. The molecule has 30 heavy (non-hydrogen) atoms. The van der Waals surface area contributed by atoms with Gasteiger partial charge in [0.2, 0.25) is 0 Å². The van der Waals surface area contributed by atoms with Crippen LogP contribution in [-0.2, 0) is 12.8 Å². The van der Waals surface area contributed by atoms with Gasteiger partial charge in [0, 0.05) is 13.1 Å². The van der Waals surface area contributed by atoms with E-state index in [0.717, 1.165) is 63.8 Å². The fourth-order valence-electron chi connectivity index (χ4n) is 5.19. The summed E-state index contributed by atoms with van der Waals surface area (Å²) in [6.45, 7) is 3.51. The molecule has 2 aliphatic heterocycles. The topological polar surface area (TPSA) is 85.7 Å². The first-order valence-electron chi connectivity index (χ1n) is 11.1. The first kappa shape index (κ1) is 17.7. The summed E-state index contributed by atoms with van der Waals surface area (Å²) in [5, 5.41) is 13.9. The number of aromatic nitrogens is 1. The molecule has 0 saturated heterocycles. The highest BCUT2D eigenvalue weighted by Gasteiger charge is 2.36. The van der Waals surface area contributed by atoms with Crippen LogP contribution < -0.4 is 21.3 Å². The molecule has 4 aliphatic rings. The molecule has 6 rings (SSSR count). The smallest absolute Gasteiger partial charge is 0.191 e. The standard InChI is InChI=1S/C23H27N7/c1-2-4-14(5-3-1)19-15-6-8-17(28-22-24-10-11-25-22)20(15)30-21-16(19)7-9-18(21)29-23-26-12-13-27-23/h1-5,17-18H,6-13H2,(H2,24,25,28)(H2,26,27,29)/t17-,18+. The Labute approximate surface area is 176 Å². The molecule has 2 aromatic rings. The van der Waals surface area contributed by atoms with E-state index >= 15 is 0 Å². The number of fused-ring (bicyclic) bond motifs is 2. The van der Waals surface area contributed by atoms with Crippen LogP contribution >= 0.6 is 0 Å². The molecule has 4 N–H and O–H groups in total. The van der Waals surface area contributed by atoms with E-state index in [1.54, 1.807) is 0 Å². The summed E-state index contributed by atoms with van der Waals surface area (Å²) >= 11 is 0. The van der Waals surface area contributed by atoms with E-state index < -0.39 is 0 Å². The number of aliphatic imine (C=N–C) groups is 2. The summed E-state index contributed by atoms with van der Waals surface area (Å²) in [6, 6.07) is 11.3. The second-order valence-electron chi connectivity index (χ2n) is 8.37. The number of guanidine groups is 2. The Hall–Kier alpha value is -3.09. The van der Waals surface area contributed by atoms with Crippen molar-refractivity contribution in [3.63, 3.8) is 0 Å². The molecule has 0 bridgehead atoms. The molecule has 0 unspecified atom stereocenters. The maximum absolute atomic E-state index is 5.28. The lowest BCUT2D eigenvalue weighted by atomic mass is 9.93. The Morgan fingerprint density at radius 1 is 0.767 bits per heavy atom. The van der Waals surface area contributed by atoms with Crippen molar-refractivity contribution in [2.45, 2.75) is 37.8 Å². The van der Waals surface area contributed by atoms with Crippen molar-refractivity contribution in [1.29, 1.82) is 0 Å². The van der Waals surface area contributed by atoms with Gasteiger partial charge in [-0.25, -0.2) is 0 Å². The van der Waals surface area contributed by atoms with E-state index in [9.17, 15) is 0 Å². The molecule has 0 spiro atoms. The van der Waals surface area contributed by atoms with Crippen LogP contribution in [0.25, 0.3) is 11.1 Å². The number of hydrogen-bond donors (Lipinski definition) is 4. The lowest BCUT2D eigenvalue weighted by Gasteiger charge is -2.20. The molecule has 154 valence electrons. The number of benzene rings is 1. The molecule has 3 heterocycles. The number of hydrogen-bond acceptors (Lipinski definition) is 7. The van der Waals surface area contributed by atoms with Crippen LogP contribution in [0.1, 0.15) is 47.4 Å². The Balaban J connectivity index is 1.43. The normalized spacial score (nSPS) is 23.9.